The zero-order valence-corrected chi connectivity index (χ0v) is 9.52. The van der Waals surface area contributed by atoms with Crippen molar-refractivity contribution in [3.63, 3.8) is 0 Å². The Hall–Kier alpha value is -2.64. The highest BCUT2D eigenvalue weighted by Gasteiger charge is 2.10. The van der Waals surface area contributed by atoms with Crippen LogP contribution in [0.15, 0.2) is 12.7 Å². The number of hydrogen-bond donors (Lipinski definition) is 1. The van der Waals surface area contributed by atoms with Crippen LogP contribution in [0.25, 0.3) is 17.4 Å². The molecule has 0 aliphatic rings. The number of nitrogens with zero attached hydrogens (tertiary/aromatic N) is 7. The summed E-state index contributed by atoms with van der Waals surface area (Å²) in [6, 6.07) is 0. The van der Waals surface area contributed by atoms with E-state index in [0.29, 0.717) is 33.3 Å². The molecule has 0 aliphatic carbocycles. The zero-order chi connectivity index (χ0) is 13.0. The van der Waals surface area contributed by atoms with Crippen molar-refractivity contribution in [1.29, 1.82) is 0 Å². The maximum absolute atomic E-state index is 5.89. The highest BCUT2D eigenvalue weighted by Crippen LogP contribution is 2.04. The SMILES string of the molecule is [B]c1[nH]n2ncnc2c1/C=c1/c([B])nn2ncnc12. The second-order valence-electron chi connectivity index (χ2n) is 3.95. The first kappa shape index (κ1) is 10.3. The molecule has 0 saturated heterocycles. The first-order valence-corrected chi connectivity index (χ1v) is 5.38. The van der Waals surface area contributed by atoms with Gasteiger partial charge in [-0.15, -0.1) is 14.8 Å². The third-order valence-electron chi connectivity index (χ3n) is 2.84. The Bertz CT molecular complexity index is 948. The molecule has 10 heteroatoms. The number of aromatic amines is 1. The minimum absolute atomic E-state index is 0.328. The molecule has 86 valence electrons. The standard InChI is InChI=1S/C9H4B2N8/c10-6-4(8-12-2-14-18(8)16-6)1-5-7(11)17-19-9(5)13-3-15-19/h1-3,16H/b5-1-. The van der Waals surface area contributed by atoms with Crippen molar-refractivity contribution in [1.82, 2.24) is 39.6 Å². The van der Waals surface area contributed by atoms with Gasteiger partial charge in [-0.25, -0.2) is 9.97 Å². The van der Waals surface area contributed by atoms with E-state index >= 15 is 0 Å². The predicted octanol–water partition coefficient (Wildman–Crippen LogP) is -3.37. The fourth-order valence-electron chi connectivity index (χ4n) is 1.98. The summed E-state index contributed by atoms with van der Waals surface area (Å²) in [6.07, 6.45) is 4.61. The molecule has 4 rings (SSSR count). The highest BCUT2D eigenvalue weighted by molar-refractivity contribution is 6.34. The van der Waals surface area contributed by atoms with Gasteiger partial charge in [0, 0.05) is 16.4 Å². The molecular formula is C9H4B2N8. The molecule has 0 atom stereocenters. The summed E-state index contributed by atoms with van der Waals surface area (Å²) in [5, 5.41) is 15.5. The van der Waals surface area contributed by atoms with Crippen LogP contribution in [-0.2, 0) is 0 Å². The van der Waals surface area contributed by atoms with Gasteiger partial charge < -0.3 is 0 Å². The van der Waals surface area contributed by atoms with Crippen molar-refractivity contribution in [2.75, 3.05) is 0 Å². The van der Waals surface area contributed by atoms with Crippen LogP contribution in [-0.4, -0.2) is 55.3 Å². The quantitative estimate of drug-likeness (QED) is 0.354. The molecule has 0 unspecified atom stereocenters. The molecule has 4 aromatic rings. The van der Waals surface area contributed by atoms with E-state index in [1.54, 1.807) is 6.08 Å². The van der Waals surface area contributed by atoms with Gasteiger partial charge in [0.2, 0.25) is 0 Å². The van der Waals surface area contributed by atoms with Crippen LogP contribution >= 0.6 is 0 Å². The van der Waals surface area contributed by atoms with Gasteiger partial charge in [0.25, 0.3) is 0 Å². The summed E-state index contributed by atoms with van der Waals surface area (Å²) in [5.41, 5.74) is 2.62. The lowest BCUT2D eigenvalue weighted by atomic mass is 9.97. The summed E-state index contributed by atoms with van der Waals surface area (Å²) in [6.45, 7) is 0. The van der Waals surface area contributed by atoms with Crippen molar-refractivity contribution in [2.45, 2.75) is 0 Å². The molecular weight excluding hydrogens is 242 g/mol. The van der Waals surface area contributed by atoms with Gasteiger partial charge in [0.05, 0.1) is 0 Å². The third-order valence-corrected chi connectivity index (χ3v) is 2.84. The lowest BCUT2D eigenvalue weighted by Gasteiger charge is -1.89. The topological polar surface area (TPSA) is 89.1 Å². The Morgan fingerprint density at radius 3 is 2.79 bits per heavy atom. The van der Waals surface area contributed by atoms with E-state index in [0.717, 1.165) is 0 Å². The summed E-state index contributed by atoms with van der Waals surface area (Å²) >= 11 is 0. The molecule has 0 saturated carbocycles. The van der Waals surface area contributed by atoms with Crippen molar-refractivity contribution in [3.05, 3.63) is 23.4 Å². The molecule has 8 nitrogen and oxygen atoms in total. The van der Waals surface area contributed by atoms with E-state index in [9.17, 15) is 0 Å². The molecule has 0 aliphatic heterocycles. The van der Waals surface area contributed by atoms with Gasteiger partial charge in [-0.2, -0.15) is 9.73 Å². The smallest absolute Gasteiger partial charge is 0.184 e. The molecule has 0 aromatic carbocycles. The fourth-order valence-corrected chi connectivity index (χ4v) is 1.98. The van der Waals surface area contributed by atoms with Crippen molar-refractivity contribution >= 4 is 44.2 Å². The van der Waals surface area contributed by atoms with Crippen LogP contribution < -0.4 is 16.4 Å². The normalized spacial score (nSPS) is 12.9. The number of rotatable bonds is 1. The zero-order valence-electron chi connectivity index (χ0n) is 9.52. The van der Waals surface area contributed by atoms with Crippen LogP contribution in [0.5, 0.6) is 0 Å². The van der Waals surface area contributed by atoms with E-state index in [1.807, 2.05) is 0 Å². The Kier molecular flexibility index (Phi) is 1.86. The monoisotopic (exact) mass is 246 g/mol. The summed E-state index contributed by atoms with van der Waals surface area (Å²) in [7, 11) is 11.7. The first-order chi connectivity index (χ1) is 9.24. The molecule has 4 aromatic heterocycles. The van der Waals surface area contributed by atoms with E-state index in [4.69, 9.17) is 15.7 Å². The van der Waals surface area contributed by atoms with Gasteiger partial charge in [0.15, 0.2) is 11.3 Å². The average molecular weight is 246 g/mol. The minimum Gasteiger partial charge on any atom is -0.290 e. The highest BCUT2D eigenvalue weighted by atomic mass is 15.5. The number of H-pyrrole nitrogens is 1. The number of fused-ring (bicyclic) bond motifs is 2. The van der Waals surface area contributed by atoms with E-state index in [2.05, 4.69) is 30.4 Å². The summed E-state index contributed by atoms with van der Waals surface area (Å²) in [5.74, 6) is 0. The van der Waals surface area contributed by atoms with Gasteiger partial charge >= 0.3 is 0 Å². The minimum atomic E-state index is 0.328. The third kappa shape index (κ3) is 1.33. The summed E-state index contributed by atoms with van der Waals surface area (Å²) in [4.78, 5) is 8.22. The maximum atomic E-state index is 5.89. The Balaban J connectivity index is 2.10. The molecule has 0 fully saturated rings. The summed E-state index contributed by atoms with van der Waals surface area (Å²) < 4.78 is 2.85. The number of aromatic nitrogens is 8. The molecule has 0 spiro atoms. The van der Waals surface area contributed by atoms with E-state index in [-0.39, 0.29) is 0 Å². The molecule has 4 radical (unpaired) electrons. The number of nitrogens with one attached hydrogen (secondary N) is 1. The Morgan fingerprint density at radius 1 is 1.11 bits per heavy atom. The van der Waals surface area contributed by atoms with Crippen LogP contribution in [0.3, 0.4) is 0 Å². The first-order valence-electron chi connectivity index (χ1n) is 5.38. The average Bonchev–Trinajstić information content (AvgIpc) is 3.06. The Morgan fingerprint density at radius 2 is 1.89 bits per heavy atom. The van der Waals surface area contributed by atoms with Gasteiger partial charge in [0.1, 0.15) is 28.3 Å². The molecule has 19 heavy (non-hydrogen) atoms. The van der Waals surface area contributed by atoms with Crippen molar-refractivity contribution in [2.24, 2.45) is 0 Å². The molecule has 0 bridgehead atoms. The number of hydrogen-bond acceptors (Lipinski definition) is 5. The lowest BCUT2D eigenvalue weighted by Crippen LogP contribution is -2.24. The lowest BCUT2D eigenvalue weighted by molar-refractivity contribution is 0.831. The van der Waals surface area contributed by atoms with Crippen LogP contribution in [0.1, 0.15) is 5.56 Å². The van der Waals surface area contributed by atoms with Gasteiger partial charge in [-0.3, -0.25) is 5.10 Å². The predicted molar refractivity (Wildman–Crippen MR) is 67.7 cm³/mol. The molecule has 1 N–H and O–H groups in total. The van der Waals surface area contributed by atoms with Crippen LogP contribution in [0.2, 0.25) is 0 Å². The van der Waals surface area contributed by atoms with E-state index < -0.39 is 0 Å². The molecule has 0 amide bonds. The largest absolute Gasteiger partial charge is 0.290 e. The van der Waals surface area contributed by atoms with E-state index in [1.165, 1.54) is 21.9 Å². The Labute approximate surface area is 108 Å². The second kappa shape index (κ2) is 3.44. The second-order valence-corrected chi connectivity index (χ2v) is 3.95. The van der Waals surface area contributed by atoms with Crippen LogP contribution in [0, 0.1) is 0 Å². The van der Waals surface area contributed by atoms with Crippen LogP contribution in [0.4, 0.5) is 0 Å². The molecule has 4 heterocycles. The fraction of sp³-hybridized carbons (Fsp3) is 0. The van der Waals surface area contributed by atoms with Gasteiger partial charge in [-0.05, 0) is 11.7 Å². The van der Waals surface area contributed by atoms with Gasteiger partial charge in [-0.1, -0.05) is 0 Å². The van der Waals surface area contributed by atoms with Crippen molar-refractivity contribution in [3.8, 4) is 0 Å². The maximum Gasteiger partial charge on any atom is 0.184 e. The van der Waals surface area contributed by atoms with Crippen molar-refractivity contribution < 1.29 is 0 Å².